The number of aromatic amines is 1. The largest absolute Gasteiger partial charge is 0.488 e. The summed E-state index contributed by atoms with van der Waals surface area (Å²) in [5.74, 6) is 0.560. The van der Waals surface area contributed by atoms with Gasteiger partial charge in [0.15, 0.2) is 11.6 Å². The van der Waals surface area contributed by atoms with E-state index in [2.05, 4.69) is 9.97 Å². The zero-order valence-corrected chi connectivity index (χ0v) is 11.3. The number of H-pyrrole nitrogens is 1. The number of nitrogens with one attached hydrogen (secondary N) is 1. The Bertz CT molecular complexity index is 578. The number of hydrogen-bond acceptors (Lipinski definition) is 3. The first-order valence-corrected chi connectivity index (χ1v) is 6.23. The monoisotopic (exact) mass is 263 g/mol. The molecule has 2 rings (SSSR count). The Labute approximate surface area is 111 Å². The van der Waals surface area contributed by atoms with Gasteiger partial charge in [-0.1, -0.05) is 0 Å². The maximum atomic E-state index is 13.9. The molecule has 3 N–H and O–H groups in total. The fourth-order valence-electron chi connectivity index (χ4n) is 1.90. The summed E-state index contributed by atoms with van der Waals surface area (Å²) in [6.45, 7) is 5.94. The van der Waals surface area contributed by atoms with Gasteiger partial charge in [0.1, 0.15) is 5.82 Å². The van der Waals surface area contributed by atoms with Crippen LogP contribution in [0.4, 0.5) is 4.39 Å². The Hall–Kier alpha value is -1.88. The Morgan fingerprint density at radius 2 is 2.16 bits per heavy atom. The predicted octanol–water partition coefficient (Wildman–Crippen LogP) is 2.77. The van der Waals surface area contributed by atoms with Gasteiger partial charge in [0.2, 0.25) is 0 Å². The molecule has 19 heavy (non-hydrogen) atoms. The van der Waals surface area contributed by atoms with Gasteiger partial charge < -0.3 is 15.5 Å². The lowest BCUT2D eigenvalue weighted by atomic mass is 10.1. The molecule has 102 valence electrons. The minimum Gasteiger partial charge on any atom is -0.488 e. The number of aryl methyl sites for hydroxylation is 1. The van der Waals surface area contributed by atoms with E-state index in [-0.39, 0.29) is 17.7 Å². The molecule has 0 spiro atoms. The first kappa shape index (κ1) is 13.5. The van der Waals surface area contributed by atoms with Crippen LogP contribution in [0.3, 0.4) is 0 Å². The summed E-state index contributed by atoms with van der Waals surface area (Å²) in [6.07, 6.45) is -0.0590. The van der Waals surface area contributed by atoms with Crippen LogP contribution in [-0.2, 0) is 6.54 Å². The molecule has 0 aliphatic heterocycles. The highest BCUT2D eigenvalue weighted by atomic mass is 19.1. The molecule has 1 heterocycles. The van der Waals surface area contributed by atoms with Crippen LogP contribution in [0.1, 0.15) is 25.4 Å². The number of ether oxygens (including phenoxy) is 1. The van der Waals surface area contributed by atoms with Crippen molar-refractivity contribution in [3.05, 3.63) is 35.5 Å². The molecule has 2 aromatic rings. The van der Waals surface area contributed by atoms with E-state index in [0.717, 1.165) is 11.4 Å². The zero-order chi connectivity index (χ0) is 14.0. The van der Waals surface area contributed by atoms with Crippen molar-refractivity contribution in [3.8, 4) is 17.0 Å². The highest BCUT2D eigenvalue weighted by molar-refractivity contribution is 5.63. The molecule has 4 nitrogen and oxygen atoms in total. The van der Waals surface area contributed by atoms with Gasteiger partial charge in [0.25, 0.3) is 0 Å². The molecule has 0 saturated heterocycles. The third-order valence-corrected chi connectivity index (χ3v) is 2.70. The number of benzene rings is 1. The van der Waals surface area contributed by atoms with Crippen LogP contribution in [0.2, 0.25) is 0 Å². The van der Waals surface area contributed by atoms with Crippen LogP contribution < -0.4 is 10.5 Å². The van der Waals surface area contributed by atoms with Crippen molar-refractivity contribution in [2.75, 3.05) is 0 Å². The maximum absolute atomic E-state index is 13.9. The van der Waals surface area contributed by atoms with E-state index in [1.165, 1.54) is 6.07 Å². The third kappa shape index (κ3) is 2.93. The van der Waals surface area contributed by atoms with E-state index >= 15 is 0 Å². The molecule has 0 unspecified atom stereocenters. The van der Waals surface area contributed by atoms with Crippen molar-refractivity contribution >= 4 is 0 Å². The van der Waals surface area contributed by atoms with Crippen molar-refractivity contribution in [1.29, 1.82) is 0 Å². The molecule has 0 saturated carbocycles. The van der Waals surface area contributed by atoms with Gasteiger partial charge >= 0.3 is 0 Å². The first-order valence-electron chi connectivity index (χ1n) is 6.23. The number of nitrogens with zero attached hydrogens (tertiary/aromatic N) is 1. The Balaban J connectivity index is 2.35. The van der Waals surface area contributed by atoms with Gasteiger partial charge in [-0.25, -0.2) is 9.37 Å². The van der Waals surface area contributed by atoms with Gasteiger partial charge in [-0.2, -0.15) is 0 Å². The molecular formula is C14H18FN3O. The minimum absolute atomic E-state index is 0.0590. The van der Waals surface area contributed by atoms with Gasteiger partial charge in [-0.15, -0.1) is 0 Å². The molecular weight excluding hydrogens is 245 g/mol. The summed E-state index contributed by atoms with van der Waals surface area (Å²) in [5, 5.41) is 0. The molecule has 0 amide bonds. The van der Waals surface area contributed by atoms with Gasteiger partial charge in [0, 0.05) is 11.3 Å². The van der Waals surface area contributed by atoms with Crippen LogP contribution in [0.25, 0.3) is 11.3 Å². The van der Waals surface area contributed by atoms with Gasteiger partial charge in [-0.3, -0.25) is 0 Å². The van der Waals surface area contributed by atoms with E-state index in [9.17, 15) is 4.39 Å². The lowest BCUT2D eigenvalue weighted by Crippen LogP contribution is -2.06. The quantitative estimate of drug-likeness (QED) is 0.891. The van der Waals surface area contributed by atoms with Crippen LogP contribution in [-0.4, -0.2) is 16.1 Å². The normalized spacial score (nSPS) is 11.1. The Kier molecular flexibility index (Phi) is 3.85. The SMILES string of the molecule is Cc1[nH]c(CN)nc1-c1ccc(OC(C)C)c(F)c1. The molecule has 0 fully saturated rings. The number of imidazole rings is 1. The Morgan fingerprint density at radius 1 is 1.42 bits per heavy atom. The lowest BCUT2D eigenvalue weighted by Gasteiger charge is -2.11. The topological polar surface area (TPSA) is 63.9 Å². The molecule has 1 aromatic carbocycles. The summed E-state index contributed by atoms with van der Waals surface area (Å²) in [6, 6.07) is 4.85. The van der Waals surface area contributed by atoms with Crippen molar-refractivity contribution in [2.24, 2.45) is 5.73 Å². The summed E-state index contributed by atoms with van der Waals surface area (Å²) in [4.78, 5) is 7.41. The van der Waals surface area contributed by atoms with Crippen molar-refractivity contribution in [2.45, 2.75) is 33.4 Å². The van der Waals surface area contributed by atoms with E-state index in [1.807, 2.05) is 20.8 Å². The molecule has 0 radical (unpaired) electrons. The molecule has 0 aliphatic rings. The third-order valence-electron chi connectivity index (χ3n) is 2.70. The predicted molar refractivity (Wildman–Crippen MR) is 72.4 cm³/mol. The number of nitrogens with two attached hydrogens (primary N) is 1. The molecule has 0 aliphatic carbocycles. The number of hydrogen-bond donors (Lipinski definition) is 2. The average molecular weight is 263 g/mol. The second-order valence-electron chi connectivity index (χ2n) is 4.67. The van der Waals surface area contributed by atoms with Gasteiger partial charge in [-0.05, 0) is 39.0 Å². The van der Waals surface area contributed by atoms with Crippen LogP contribution >= 0.6 is 0 Å². The standard InChI is InChI=1S/C14H18FN3O/c1-8(2)19-12-5-4-10(6-11(12)15)14-9(3)17-13(7-16)18-14/h4-6,8H,7,16H2,1-3H3,(H,17,18). The van der Waals surface area contributed by atoms with Crippen LogP contribution in [0, 0.1) is 12.7 Å². The summed E-state index contributed by atoms with van der Waals surface area (Å²) in [7, 11) is 0. The second-order valence-corrected chi connectivity index (χ2v) is 4.67. The first-order chi connectivity index (χ1) is 9.01. The van der Waals surface area contributed by atoms with E-state index < -0.39 is 0 Å². The molecule has 1 aromatic heterocycles. The number of rotatable bonds is 4. The lowest BCUT2D eigenvalue weighted by molar-refractivity contribution is 0.231. The van der Waals surface area contributed by atoms with E-state index in [1.54, 1.807) is 12.1 Å². The molecule has 0 bridgehead atoms. The minimum atomic E-state index is -0.386. The van der Waals surface area contributed by atoms with E-state index in [0.29, 0.717) is 17.9 Å². The number of aromatic nitrogens is 2. The fraction of sp³-hybridized carbons (Fsp3) is 0.357. The van der Waals surface area contributed by atoms with E-state index in [4.69, 9.17) is 10.5 Å². The van der Waals surface area contributed by atoms with Crippen molar-refractivity contribution in [1.82, 2.24) is 9.97 Å². The highest BCUT2D eigenvalue weighted by Gasteiger charge is 2.12. The maximum Gasteiger partial charge on any atom is 0.165 e. The fourth-order valence-corrected chi connectivity index (χ4v) is 1.90. The van der Waals surface area contributed by atoms with Crippen LogP contribution in [0.15, 0.2) is 18.2 Å². The molecule has 5 heteroatoms. The Morgan fingerprint density at radius 3 is 2.68 bits per heavy atom. The summed E-state index contributed by atoms with van der Waals surface area (Å²) >= 11 is 0. The summed E-state index contributed by atoms with van der Waals surface area (Å²) < 4.78 is 19.3. The number of halogens is 1. The smallest absolute Gasteiger partial charge is 0.165 e. The zero-order valence-electron chi connectivity index (χ0n) is 11.3. The second kappa shape index (κ2) is 5.40. The van der Waals surface area contributed by atoms with Crippen molar-refractivity contribution in [3.63, 3.8) is 0 Å². The average Bonchev–Trinajstić information content (AvgIpc) is 2.73. The summed E-state index contributed by atoms with van der Waals surface area (Å²) in [5.41, 5.74) is 7.83. The van der Waals surface area contributed by atoms with Gasteiger partial charge in [0.05, 0.1) is 18.3 Å². The van der Waals surface area contributed by atoms with Crippen molar-refractivity contribution < 1.29 is 9.13 Å². The van der Waals surface area contributed by atoms with Crippen LogP contribution in [0.5, 0.6) is 5.75 Å². The molecule has 0 atom stereocenters. The highest BCUT2D eigenvalue weighted by Crippen LogP contribution is 2.27.